The minimum Gasteiger partial charge on any atom is -0.464 e. The van der Waals surface area contributed by atoms with Crippen LogP contribution in [0.25, 0.3) is 22.3 Å². The van der Waals surface area contributed by atoms with Crippen LogP contribution in [0.3, 0.4) is 0 Å². The van der Waals surface area contributed by atoms with Gasteiger partial charge in [-0.25, -0.2) is 4.79 Å². The SMILES string of the molecule is COC(=O)c1noc(C)c2c(-c3ccc(Br)cc3)ccc1-2. The molecule has 1 aromatic rings. The summed E-state index contributed by atoms with van der Waals surface area (Å²) in [4.78, 5) is 11.8. The van der Waals surface area contributed by atoms with E-state index in [1.165, 1.54) is 7.11 Å². The highest BCUT2D eigenvalue weighted by molar-refractivity contribution is 9.10. The third-order valence-electron chi connectivity index (χ3n) is 3.37. The van der Waals surface area contributed by atoms with Gasteiger partial charge < -0.3 is 9.26 Å². The van der Waals surface area contributed by atoms with Crippen molar-refractivity contribution in [3.63, 3.8) is 0 Å². The summed E-state index contributed by atoms with van der Waals surface area (Å²) in [5.74, 6) is 0.164. The number of rotatable bonds is 2. The van der Waals surface area contributed by atoms with Crippen LogP contribution in [0.15, 0.2) is 45.4 Å². The molecule has 0 spiro atoms. The van der Waals surface area contributed by atoms with E-state index in [9.17, 15) is 4.79 Å². The van der Waals surface area contributed by atoms with E-state index in [0.29, 0.717) is 5.76 Å². The van der Waals surface area contributed by atoms with Crippen LogP contribution in [0.2, 0.25) is 0 Å². The van der Waals surface area contributed by atoms with E-state index in [2.05, 4.69) is 21.1 Å². The van der Waals surface area contributed by atoms with E-state index in [4.69, 9.17) is 9.26 Å². The quantitative estimate of drug-likeness (QED) is 0.649. The molecule has 0 N–H and O–H groups in total. The van der Waals surface area contributed by atoms with Crippen molar-refractivity contribution in [1.82, 2.24) is 5.16 Å². The number of aromatic nitrogens is 1. The molecule has 0 atom stereocenters. The van der Waals surface area contributed by atoms with E-state index in [0.717, 1.165) is 26.7 Å². The lowest BCUT2D eigenvalue weighted by atomic mass is 9.99. The molecule has 0 amide bonds. The molecular formula is C16H12BrNO3. The lowest BCUT2D eigenvalue weighted by molar-refractivity contribution is 0.0585. The highest BCUT2D eigenvalue weighted by Gasteiger charge is 2.24. The molecule has 0 aromatic heterocycles. The third-order valence-corrected chi connectivity index (χ3v) is 3.90. The summed E-state index contributed by atoms with van der Waals surface area (Å²) in [5, 5.41) is 3.84. The van der Waals surface area contributed by atoms with Gasteiger partial charge in [-0.15, -0.1) is 0 Å². The zero-order chi connectivity index (χ0) is 15.0. The predicted molar refractivity (Wildman–Crippen MR) is 82.3 cm³/mol. The minimum absolute atomic E-state index is 0.196. The van der Waals surface area contributed by atoms with Crippen LogP contribution in [0.5, 0.6) is 0 Å². The fourth-order valence-corrected chi connectivity index (χ4v) is 2.64. The molecule has 5 heteroatoms. The van der Waals surface area contributed by atoms with E-state index in [-0.39, 0.29) is 5.69 Å². The first-order chi connectivity index (χ1) is 10.1. The maximum Gasteiger partial charge on any atom is 0.360 e. The molecule has 2 aliphatic rings. The fourth-order valence-electron chi connectivity index (χ4n) is 2.38. The van der Waals surface area contributed by atoms with Crippen LogP contribution in [0.4, 0.5) is 0 Å². The lowest BCUT2D eigenvalue weighted by Gasteiger charge is -2.09. The summed E-state index contributed by atoms with van der Waals surface area (Å²) >= 11 is 3.42. The Morgan fingerprint density at radius 3 is 2.48 bits per heavy atom. The van der Waals surface area contributed by atoms with E-state index in [1.54, 1.807) is 0 Å². The van der Waals surface area contributed by atoms with Gasteiger partial charge in [-0.3, -0.25) is 0 Å². The Labute approximate surface area is 130 Å². The Kier molecular flexibility index (Phi) is 3.51. The second-order valence-corrected chi connectivity index (χ2v) is 5.54. The monoisotopic (exact) mass is 345 g/mol. The molecule has 0 saturated heterocycles. The molecule has 0 fully saturated rings. The largest absolute Gasteiger partial charge is 0.464 e. The van der Waals surface area contributed by atoms with Crippen molar-refractivity contribution in [2.24, 2.45) is 0 Å². The number of carbonyl (C=O) groups excluding carboxylic acids is 1. The van der Waals surface area contributed by atoms with E-state index >= 15 is 0 Å². The number of fused-ring (bicyclic) bond motifs is 1. The summed E-state index contributed by atoms with van der Waals surface area (Å²) in [7, 11) is 1.33. The second kappa shape index (κ2) is 5.33. The van der Waals surface area contributed by atoms with Crippen LogP contribution in [-0.4, -0.2) is 18.2 Å². The van der Waals surface area contributed by atoms with Crippen LogP contribution in [0, 0.1) is 6.92 Å². The average Bonchev–Trinajstić information content (AvgIpc) is 2.93. The molecule has 0 unspecified atom stereocenters. The van der Waals surface area contributed by atoms with Crippen LogP contribution in [0.1, 0.15) is 16.2 Å². The molecular weight excluding hydrogens is 334 g/mol. The Bertz CT molecular complexity index is 777. The van der Waals surface area contributed by atoms with Crippen molar-refractivity contribution >= 4 is 21.9 Å². The highest BCUT2D eigenvalue weighted by atomic mass is 79.9. The van der Waals surface area contributed by atoms with Crippen molar-refractivity contribution in [1.29, 1.82) is 0 Å². The van der Waals surface area contributed by atoms with Gasteiger partial charge in [-0.05, 0) is 30.2 Å². The maximum atomic E-state index is 11.8. The number of methoxy groups -OCH3 is 1. The number of esters is 1. The number of nitrogens with zero attached hydrogens (tertiary/aromatic N) is 1. The zero-order valence-corrected chi connectivity index (χ0v) is 13.1. The number of aryl methyl sites for hydroxylation is 1. The smallest absolute Gasteiger partial charge is 0.360 e. The molecule has 3 rings (SSSR count). The topological polar surface area (TPSA) is 52.3 Å². The molecule has 1 aliphatic heterocycles. The second-order valence-electron chi connectivity index (χ2n) is 4.62. The summed E-state index contributed by atoms with van der Waals surface area (Å²) in [6, 6.07) is 11.8. The van der Waals surface area contributed by atoms with Gasteiger partial charge in [0.15, 0.2) is 5.69 Å². The molecule has 0 bridgehead atoms. The van der Waals surface area contributed by atoms with Crippen molar-refractivity contribution in [2.75, 3.05) is 7.11 Å². The lowest BCUT2D eigenvalue weighted by Crippen LogP contribution is -2.07. The number of ether oxygens (including phenoxy) is 1. The van der Waals surface area contributed by atoms with Crippen LogP contribution in [-0.2, 0) is 4.74 Å². The molecule has 0 saturated carbocycles. The predicted octanol–water partition coefficient (Wildman–Crippen LogP) is 4.30. The van der Waals surface area contributed by atoms with Crippen molar-refractivity contribution in [2.45, 2.75) is 6.92 Å². The van der Waals surface area contributed by atoms with Gasteiger partial charge in [-0.2, -0.15) is 0 Å². The summed E-state index contributed by atoms with van der Waals surface area (Å²) in [5.41, 5.74) is 3.87. The third kappa shape index (κ3) is 2.34. The van der Waals surface area contributed by atoms with Crippen LogP contribution < -0.4 is 0 Å². The average molecular weight is 346 g/mol. The minimum atomic E-state index is -0.503. The first kappa shape index (κ1) is 13.8. The Morgan fingerprint density at radius 2 is 1.81 bits per heavy atom. The molecule has 1 aliphatic carbocycles. The number of halogens is 1. The van der Waals surface area contributed by atoms with Crippen molar-refractivity contribution < 1.29 is 14.1 Å². The summed E-state index contributed by atoms with van der Waals surface area (Å²) < 4.78 is 11.0. The molecule has 1 heterocycles. The molecule has 4 nitrogen and oxygen atoms in total. The van der Waals surface area contributed by atoms with Crippen molar-refractivity contribution in [3.05, 3.63) is 52.3 Å². The molecule has 106 valence electrons. The number of hydrogen-bond acceptors (Lipinski definition) is 4. The van der Waals surface area contributed by atoms with Gasteiger partial charge in [0.1, 0.15) is 5.76 Å². The maximum absolute atomic E-state index is 11.8. The number of benzene rings is 1. The molecule has 21 heavy (non-hydrogen) atoms. The van der Waals surface area contributed by atoms with Gasteiger partial charge in [-0.1, -0.05) is 45.4 Å². The van der Waals surface area contributed by atoms with Gasteiger partial charge >= 0.3 is 5.97 Å². The highest BCUT2D eigenvalue weighted by Crippen LogP contribution is 2.39. The molecule has 1 aromatic carbocycles. The van der Waals surface area contributed by atoms with Gasteiger partial charge in [0.05, 0.1) is 7.11 Å². The Hall–Kier alpha value is -2.14. The van der Waals surface area contributed by atoms with Gasteiger partial charge in [0.2, 0.25) is 0 Å². The first-order valence-corrected chi connectivity index (χ1v) is 7.14. The Balaban J connectivity index is 2.19. The van der Waals surface area contributed by atoms with Crippen molar-refractivity contribution in [3.8, 4) is 22.3 Å². The van der Waals surface area contributed by atoms with E-state index < -0.39 is 5.97 Å². The van der Waals surface area contributed by atoms with E-state index in [1.807, 2.05) is 43.3 Å². The summed E-state index contributed by atoms with van der Waals surface area (Å²) in [6.07, 6.45) is 0. The fraction of sp³-hybridized carbons (Fsp3) is 0.125. The van der Waals surface area contributed by atoms with Gasteiger partial charge in [0, 0.05) is 15.6 Å². The summed E-state index contributed by atoms with van der Waals surface area (Å²) in [6.45, 7) is 1.83. The zero-order valence-electron chi connectivity index (χ0n) is 11.5. The van der Waals surface area contributed by atoms with Gasteiger partial charge in [0.25, 0.3) is 0 Å². The molecule has 0 radical (unpaired) electrons. The standard InChI is InChI=1S/C16H12BrNO3/c1-9-14-12(10-3-5-11(17)6-4-10)7-8-13(14)15(18-21-9)16(19)20-2/h3-8H,1-2H3. The number of hydrogen-bond donors (Lipinski definition) is 0. The first-order valence-electron chi connectivity index (χ1n) is 6.35. The normalized spacial score (nSPS) is 10.8. The number of carbonyl (C=O) groups is 1. The Morgan fingerprint density at radius 1 is 1.14 bits per heavy atom. The van der Waals surface area contributed by atoms with Crippen LogP contribution >= 0.6 is 15.9 Å².